The Hall–Kier alpha value is -3.19. The van der Waals surface area contributed by atoms with Crippen LogP contribution in [0, 0.1) is 6.92 Å². The molecule has 7 nitrogen and oxygen atoms in total. The molecule has 1 amide bonds. The van der Waals surface area contributed by atoms with Gasteiger partial charge >= 0.3 is 0 Å². The molecule has 1 aromatic heterocycles. The second kappa shape index (κ2) is 9.34. The number of aliphatic hydroxyl groups excluding tert-OH is 1. The van der Waals surface area contributed by atoms with Gasteiger partial charge in [0.15, 0.2) is 0 Å². The van der Waals surface area contributed by atoms with Crippen LogP contribution < -0.4 is 4.74 Å². The third-order valence-corrected chi connectivity index (χ3v) is 4.79. The van der Waals surface area contributed by atoms with Crippen molar-refractivity contribution in [3.63, 3.8) is 0 Å². The SMILES string of the molecule is COc1ccc(C(O)CN(C)C(=O)CC(c2ccccc2)c2nnc(C)o2)cc1. The van der Waals surface area contributed by atoms with E-state index >= 15 is 0 Å². The molecule has 1 heterocycles. The Morgan fingerprint density at radius 3 is 2.38 bits per heavy atom. The van der Waals surface area contributed by atoms with Gasteiger partial charge in [0, 0.05) is 20.4 Å². The third kappa shape index (κ3) is 5.20. The van der Waals surface area contributed by atoms with Crippen molar-refractivity contribution in [2.75, 3.05) is 20.7 Å². The van der Waals surface area contributed by atoms with Crippen LogP contribution in [0.25, 0.3) is 0 Å². The van der Waals surface area contributed by atoms with Gasteiger partial charge in [0.1, 0.15) is 5.75 Å². The molecule has 0 saturated carbocycles. The monoisotopic (exact) mass is 395 g/mol. The topological polar surface area (TPSA) is 88.7 Å². The minimum Gasteiger partial charge on any atom is -0.497 e. The molecule has 152 valence electrons. The average molecular weight is 395 g/mol. The average Bonchev–Trinajstić information content (AvgIpc) is 3.18. The summed E-state index contributed by atoms with van der Waals surface area (Å²) in [5.41, 5.74) is 1.64. The van der Waals surface area contributed by atoms with Crippen LogP contribution in [-0.4, -0.2) is 46.8 Å². The summed E-state index contributed by atoms with van der Waals surface area (Å²) in [7, 11) is 3.27. The normalized spacial score (nSPS) is 13.0. The zero-order valence-corrected chi connectivity index (χ0v) is 16.8. The number of aliphatic hydroxyl groups is 1. The van der Waals surface area contributed by atoms with Crippen molar-refractivity contribution in [3.8, 4) is 5.75 Å². The van der Waals surface area contributed by atoms with Gasteiger partial charge in [0.25, 0.3) is 0 Å². The van der Waals surface area contributed by atoms with Crippen molar-refractivity contribution >= 4 is 5.91 Å². The molecule has 0 aliphatic carbocycles. The van der Waals surface area contributed by atoms with E-state index in [1.54, 1.807) is 45.3 Å². The van der Waals surface area contributed by atoms with E-state index in [4.69, 9.17) is 9.15 Å². The number of nitrogens with zero attached hydrogens (tertiary/aromatic N) is 3. The van der Waals surface area contributed by atoms with Gasteiger partial charge in [-0.15, -0.1) is 10.2 Å². The highest BCUT2D eigenvalue weighted by Gasteiger charge is 2.26. The fourth-order valence-corrected chi connectivity index (χ4v) is 3.11. The summed E-state index contributed by atoms with van der Waals surface area (Å²) in [6.07, 6.45) is -0.632. The number of hydrogen-bond acceptors (Lipinski definition) is 6. The number of likely N-dealkylation sites (N-methyl/N-ethyl adjacent to an activating group) is 1. The Morgan fingerprint density at radius 2 is 1.79 bits per heavy atom. The summed E-state index contributed by atoms with van der Waals surface area (Å²) in [5.74, 6) is 1.11. The van der Waals surface area contributed by atoms with Crippen molar-refractivity contribution in [2.24, 2.45) is 0 Å². The lowest BCUT2D eigenvalue weighted by Crippen LogP contribution is -2.32. The highest BCUT2D eigenvalue weighted by atomic mass is 16.5. The fraction of sp³-hybridized carbons (Fsp3) is 0.318. The molecule has 0 aliphatic heterocycles. The number of methoxy groups -OCH3 is 1. The Labute approximate surface area is 169 Å². The molecule has 0 fully saturated rings. The first kappa shape index (κ1) is 20.5. The second-order valence-corrected chi connectivity index (χ2v) is 6.89. The molecule has 3 aromatic rings. The maximum absolute atomic E-state index is 12.9. The lowest BCUT2D eigenvalue weighted by atomic mass is 9.95. The molecule has 3 rings (SSSR count). The molecule has 1 N–H and O–H groups in total. The van der Waals surface area contributed by atoms with Gasteiger partial charge in [-0.1, -0.05) is 42.5 Å². The summed E-state index contributed by atoms with van der Waals surface area (Å²) in [6, 6.07) is 16.7. The van der Waals surface area contributed by atoms with Gasteiger partial charge in [0.05, 0.1) is 25.7 Å². The van der Waals surface area contributed by atoms with Crippen LogP contribution in [0.3, 0.4) is 0 Å². The van der Waals surface area contributed by atoms with Gasteiger partial charge in [-0.3, -0.25) is 4.79 Å². The first-order chi connectivity index (χ1) is 14.0. The molecule has 2 atom stereocenters. The number of rotatable bonds is 8. The van der Waals surface area contributed by atoms with Crippen molar-refractivity contribution in [1.82, 2.24) is 15.1 Å². The zero-order chi connectivity index (χ0) is 20.8. The molecule has 29 heavy (non-hydrogen) atoms. The number of ether oxygens (including phenoxy) is 1. The standard InChI is InChI=1S/C22H25N3O4/c1-15-23-24-22(29-15)19(16-7-5-4-6-8-16)13-21(27)25(2)14-20(26)17-9-11-18(28-3)12-10-17/h4-12,19-20,26H,13-14H2,1-3H3. The molecule has 2 aromatic carbocycles. The Kier molecular flexibility index (Phi) is 6.61. The van der Waals surface area contributed by atoms with E-state index in [0.29, 0.717) is 17.5 Å². The minimum absolute atomic E-state index is 0.123. The Bertz CT molecular complexity index is 925. The van der Waals surface area contributed by atoms with Gasteiger partial charge in [-0.05, 0) is 23.3 Å². The zero-order valence-electron chi connectivity index (χ0n) is 16.8. The fourth-order valence-electron chi connectivity index (χ4n) is 3.11. The number of carbonyl (C=O) groups is 1. The number of hydrogen-bond donors (Lipinski definition) is 1. The number of benzene rings is 2. The summed E-state index contributed by atoms with van der Waals surface area (Å²) in [6.45, 7) is 1.90. The first-order valence-electron chi connectivity index (χ1n) is 9.39. The van der Waals surface area contributed by atoms with Crippen LogP contribution in [0.1, 0.15) is 41.4 Å². The summed E-state index contributed by atoms with van der Waals surface area (Å²) in [5, 5.41) is 18.5. The van der Waals surface area contributed by atoms with Gasteiger partial charge in [0.2, 0.25) is 17.7 Å². The van der Waals surface area contributed by atoms with Crippen LogP contribution in [0.2, 0.25) is 0 Å². The maximum atomic E-state index is 12.9. The maximum Gasteiger partial charge on any atom is 0.224 e. The molecule has 0 bridgehead atoms. The number of amides is 1. The van der Waals surface area contributed by atoms with E-state index in [1.165, 1.54) is 4.90 Å². The van der Waals surface area contributed by atoms with Crippen LogP contribution >= 0.6 is 0 Å². The van der Waals surface area contributed by atoms with E-state index in [9.17, 15) is 9.90 Å². The molecular weight excluding hydrogens is 370 g/mol. The second-order valence-electron chi connectivity index (χ2n) is 6.89. The van der Waals surface area contributed by atoms with Crippen LogP contribution in [0.15, 0.2) is 59.0 Å². The number of carbonyl (C=O) groups excluding carboxylic acids is 1. The smallest absolute Gasteiger partial charge is 0.224 e. The van der Waals surface area contributed by atoms with E-state index in [-0.39, 0.29) is 24.8 Å². The predicted octanol–water partition coefficient (Wildman–Crippen LogP) is 3.10. The van der Waals surface area contributed by atoms with Crippen molar-refractivity contribution in [1.29, 1.82) is 0 Å². The minimum atomic E-state index is -0.796. The molecule has 0 spiro atoms. The number of aryl methyl sites for hydroxylation is 1. The van der Waals surface area contributed by atoms with E-state index in [2.05, 4.69) is 10.2 Å². The number of aromatic nitrogens is 2. The van der Waals surface area contributed by atoms with E-state index in [0.717, 1.165) is 11.1 Å². The highest BCUT2D eigenvalue weighted by Crippen LogP contribution is 2.28. The van der Waals surface area contributed by atoms with Crippen LogP contribution in [-0.2, 0) is 4.79 Å². The van der Waals surface area contributed by atoms with Gasteiger partial charge < -0.3 is 19.2 Å². The molecule has 7 heteroatoms. The molecule has 0 radical (unpaired) electrons. The molecule has 0 aliphatic rings. The predicted molar refractivity (Wildman–Crippen MR) is 108 cm³/mol. The van der Waals surface area contributed by atoms with E-state index in [1.807, 2.05) is 30.3 Å². The quantitative estimate of drug-likeness (QED) is 0.630. The van der Waals surface area contributed by atoms with E-state index < -0.39 is 6.10 Å². The summed E-state index contributed by atoms with van der Waals surface area (Å²) < 4.78 is 10.7. The highest BCUT2D eigenvalue weighted by molar-refractivity contribution is 5.77. The molecule has 2 unspecified atom stereocenters. The van der Waals surface area contributed by atoms with Crippen molar-refractivity contribution in [3.05, 3.63) is 77.5 Å². The first-order valence-corrected chi connectivity index (χ1v) is 9.39. The Morgan fingerprint density at radius 1 is 1.10 bits per heavy atom. The summed E-state index contributed by atoms with van der Waals surface area (Å²) >= 11 is 0. The largest absolute Gasteiger partial charge is 0.497 e. The van der Waals surface area contributed by atoms with Gasteiger partial charge in [-0.2, -0.15) is 0 Å². The lowest BCUT2D eigenvalue weighted by Gasteiger charge is -2.23. The van der Waals surface area contributed by atoms with Crippen LogP contribution in [0.5, 0.6) is 5.75 Å². The summed E-state index contributed by atoms with van der Waals surface area (Å²) in [4.78, 5) is 14.4. The van der Waals surface area contributed by atoms with Crippen LogP contribution in [0.4, 0.5) is 0 Å². The van der Waals surface area contributed by atoms with Crippen molar-refractivity contribution in [2.45, 2.75) is 25.4 Å². The molecule has 0 saturated heterocycles. The lowest BCUT2D eigenvalue weighted by molar-refractivity contribution is -0.131. The molecular formula is C22H25N3O4. The third-order valence-electron chi connectivity index (χ3n) is 4.79. The van der Waals surface area contributed by atoms with Crippen molar-refractivity contribution < 1.29 is 19.1 Å². The van der Waals surface area contributed by atoms with Gasteiger partial charge in [-0.25, -0.2) is 0 Å². The Balaban J connectivity index is 1.70.